The molecule has 0 saturated carbocycles. The minimum absolute atomic E-state index is 0.359. The lowest BCUT2D eigenvalue weighted by Crippen LogP contribution is -2.40. The van der Waals surface area contributed by atoms with Crippen LogP contribution < -0.4 is 16.6 Å². The highest BCUT2D eigenvalue weighted by Crippen LogP contribution is 2.10. The van der Waals surface area contributed by atoms with Gasteiger partial charge in [-0.2, -0.15) is 0 Å². The Morgan fingerprint density at radius 1 is 1.36 bits per heavy atom. The van der Waals surface area contributed by atoms with E-state index in [0.29, 0.717) is 6.54 Å². The first-order valence-corrected chi connectivity index (χ1v) is 5.00. The van der Waals surface area contributed by atoms with Crippen molar-refractivity contribution in [1.29, 1.82) is 0 Å². The summed E-state index contributed by atoms with van der Waals surface area (Å²) in [6, 6.07) is 7.59. The van der Waals surface area contributed by atoms with Gasteiger partial charge in [-0.15, -0.1) is 0 Å². The van der Waals surface area contributed by atoms with Crippen LogP contribution in [0.15, 0.2) is 28.7 Å². The average Bonchev–Trinajstić information content (AvgIpc) is 2.21. The number of carbonyl (C=O) groups is 1. The molecule has 4 N–H and O–H groups in total. The zero-order chi connectivity index (χ0) is 10.4. The van der Waals surface area contributed by atoms with Gasteiger partial charge in [0.1, 0.15) is 0 Å². The highest BCUT2D eigenvalue weighted by molar-refractivity contribution is 9.10. The minimum Gasteiger partial charge on any atom is -0.337 e. The third kappa shape index (κ3) is 3.76. The summed E-state index contributed by atoms with van der Waals surface area (Å²) in [4.78, 5) is 10.7. The molecular formula is C9H12BrN3O. The lowest BCUT2D eigenvalue weighted by Gasteiger charge is -2.03. The van der Waals surface area contributed by atoms with Crippen molar-refractivity contribution in [2.24, 2.45) is 5.84 Å². The molecule has 14 heavy (non-hydrogen) atoms. The van der Waals surface area contributed by atoms with E-state index in [9.17, 15) is 4.79 Å². The van der Waals surface area contributed by atoms with Crippen molar-refractivity contribution in [1.82, 2.24) is 10.7 Å². The Balaban J connectivity index is 2.31. The largest absolute Gasteiger partial charge is 0.337 e. The maximum absolute atomic E-state index is 10.7. The van der Waals surface area contributed by atoms with E-state index in [1.165, 1.54) is 5.56 Å². The molecule has 0 aromatic heterocycles. The molecule has 4 nitrogen and oxygen atoms in total. The van der Waals surface area contributed by atoms with Crippen LogP contribution in [-0.2, 0) is 6.42 Å². The summed E-state index contributed by atoms with van der Waals surface area (Å²) in [5.74, 6) is 4.90. The summed E-state index contributed by atoms with van der Waals surface area (Å²) in [6.07, 6.45) is 0.792. The van der Waals surface area contributed by atoms with Crippen LogP contribution in [0.5, 0.6) is 0 Å². The van der Waals surface area contributed by atoms with Gasteiger partial charge in [0.05, 0.1) is 0 Å². The van der Waals surface area contributed by atoms with Crippen LogP contribution in [0.25, 0.3) is 0 Å². The Morgan fingerprint density at radius 2 is 2.00 bits per heavy atom. The van der Waals surface area contributed by atoms with Crippen molar-refractivity contribution in [2.45, 2.75) is 6.42 Å². The third-order valence-corrected chi connectivity index (χ3v) is 2.27. The summed E-state index contributed by atoms with van der Waals surface area (Å²) in [7, 11) is 0. The van der Waals surface area contributed by atoms with E-state index in [1.807, 2.05) is 29.7 Å². The first kappa shape index (κ1) is 11.0. The molecule has 1 aromatic rings. The second-order valence-electron chi connectivity index (χ2n) is 2.78. The van der Waals surface area contributed by atoms with Crippen LogP contribution in [0.1, 0.15) is 5.56 Å². The summed E-state index contributed by atoms with van der Waals surface area (Å²) < 4.78 is 1.05. The molecule has 0 saturated heterocycles. The molecule has 0 spiro atoms. The molecule has 0 fully saturated rings. The van der Waals surface area contributed by atoms with Crippen LogP contribution >= 0.6 is 15.9 Å². The van der Waals surface area contributed by atoms with Crippen LogP contribution in [0.4, 0.5) is 4.79 Å². The molecule has 0 heterocycles. The van der Waals surface area contributed by atoms with Crippen molar-refractivity contribution in [3.8, 4) is 0 Å². The van der Waals surface area contributed by atoms with Crippen molar-refractivity contribution < 1.29 is 4.79 Å². The summed E-state index contributed by atoms with van der Waals surface area (Å²) >= 11 is 3.35. The van der Waals surface area contributed by atoms with E-state index in [0.717, 1.165) is 10.9 Å². The fourth-order valence-corrected chi connectivity index (χ4v) is 1.29. The Kier molecular flexibility index (Phi) is 4.42. The highest BCUT2D eigenvalue weighted by atomic mass is 79.9. The number of nitrogens with one attached hydrogen (secondary N) is 2. The first-order valence-electron chi connectivity index (χ1n) is 4.21. The lowest BCUT2D eigenvalue weighted by atomic mass is 10.1. The van der Waals surface area contributed by atoms with Crippen molar-refractivity contribution >= 4 is 22.0 Å². The molecule has 0 aliphatic carbocycles. The summed E-state index contributed by atoms with van der Waals surface area (Å²) in [5, 5.41) is 2.61. The SMILES string of the molecule is NNC(=O)NCCc1ccc(Br)cc1. The molecule has 76 valence electrons. The van der Waals surface area contributed by atoms with Gasteiger partial charge >= 0.3 is 6.03 Å². The highest BCUT2D eigenvalue weighted by Gasteiger charge is 1.96. The second-order valence-corrected chi connectivity index (χ2v) is 3.69. The maximum atomic E-state index is 10.7. The van der Waals surface area contributed by atoms with Gasteiger partial charge in [0, 0.05) is 11.0 Å². The van der Waals surface area contributed by atoms with E-state index in [1.54, 1.807) is 0 Å². The number of carbonyl (C=O) groups excluding carboxylic acids is 1. The normalized spacial score (nSPS) is 9.57. The standard InChI is InChI=1S/C9H12BrN3O/c10-8-3-1-7(2-4-8)5-6-12-9(14)13-11/h1-4H,5-6,11H2,(H2,12,13,14). The van der Waals surface area contributed by atoms with Gasteiger partial charge in [-0.1, -0.05) is 28.1 Å². The van der Waals surface area contributed by atoms with Crippen LogP contribution in [0.2, 0.25) is 0 Å². The molecule has 2 amide bonds. The topological polar surface area (TPSA) is 67.1 Å². The van der Waals surface area contributed by atoms with Gasteiger partial charge in [0.2, 0.25) is 0 Å². The molecule has 0 aliphatic rings. The van der Waals surface area contributed by atoms with Gasteiger partial charge in [-0.3, -0.25) is 5.43 Å². The Morgan fingerprint density at radius 3 is 2.57 bits per heavy atom. The lowest BCUT2D eigenvalue weighted by molar-refractivity contribution is 0.241. The molecule has 0 aliphatic heterocycles. The number of nitrogens with two attached hydrogens (primary N) is 1. The number of benzene rings is 1. The minimum atomic E-state index is -0.359. The number of hydrogen-bond donors (Lipinski definition) is 3. The maximum Gasteiger partial charge on any atom is 0.328 e. The fraction of sp³-hybridized carbons (Fsp3) is 0.222. The van der Waals surface area contributed by atoms with E-state index < -0.39 is 0 Å². The van der Waals surface area contributed by atoms with Crippen LogP contribution in [0, 0.1) is 0 Å². The zero-order valence-corrected chi connectivity index (χ0v) is 9.17. The van der Waals surface area contributed by atoms with Crippen molar-refractivity contribution in [3.05, 3.63) is 34.3 Å². The number of amides is 2. The molecule has 1 rings (SSSR count). The Labute approximate surface area is 91.0 Å². The van der Waals surface area contributed by atoms with E-state index in [4.69, 9.17) is 5.84 Å². The van der Waals surface area contributed by atoms with Gasteiger partial charge in [-0.25, -0.2) is 10.6 Å². The van der Waals surface area contributed by atoms with Crippen molar-refractivity contribution in [3.63, 3.8) is 0 Å². The van der Waals surface area contributed by atoms with Crippen LogP contribution in [0.3, 0.4) is 0 Å². The van der Waals surface area contributed by atoms with Gasteiger partial charge in [-0.05, 0) is 24.1 Å². The number of urea groups is 1. The predicted octanol–water partition coefficient (Wildman–Crippen LogP) is 1.16. The monoisotopic (exact) mass is 257 g/mol. The molecular weight excluding hydrogens is 246 g/mol. The van der Waals surface area contributed by atoms with Gasteiger partial charge < -0.3 is 5.32 Å². The van der Waals surface area contributed by atoms with E-state index >= 15 is 0 Å². The smallest absolute Gasteiger partial charge is 0.328 e. The predicted molar refractivity (Wildman–Crippen MR) is 58.6 cm³/mol. The molecule has 1 aromatic carbocycles. The molecule has 5 heteroatoms. The Bertz CT molecular complexity index is 299. The van der Waals surface area contributed by atoms with E-state index in [-0.39, 0.29) is 6.03 Å². The molecule has 0 atom stereocenters. The Hall–Kier alpha value is -1.07. The quantitative estimate of drug-likeness (QED) is 0.432. The molecule has 0 radical (unpaired) electrons. The average molecular weight is 258 g/mol. The zero-order valence-electron chi connectivity index (χ0n) is 7.59. The second kappa shape index (κ2) is 5.62. The van der Waals surface area contributed by atoms with Gasteiger partial charge in [0.15, 0.2) is 0 Å². The number of halogens is 1. The van der Waals surface area contributed by atoms with Crippen molar-refractivity contribution in [2.75, 3.05) is 6.54 Å². The molecule has 0 unspecified atom stereocenters. The van der Waals surface area contributed by atoms with E-state index in [2.05, 4.69) is 21.2 Å². The first-order chi connectivity index (χ1) is 6.72. The van der Waals surface area contributed by atoms with Crippen LogP contribution in [-0.4, -0.2) is 12.6 Å². The fourth-order valence-electron chi connectivity index (χ4n) is 1.02. The third-order valence-electron chi connectivity index (χ3n) is 1.74. The number of rotatable bonds is 3. The van der Waals surface area contributed by atoms with Gasteiger partial charge in [0.25, 0.3) is 0 Å². The molecule has 0 bridgehead atoms. The summed E-state index contributed by atoms with van der Waals surface area (Å²) in [6.45, 7) is 0.574. The number of hydrazine groups is 1. The summed E-state index contributed by atoms with van der Waals surface area (Å²) in [5.41, 5.74) is 3.17. The number of hydrogen-bond acceptors (Lipinski definition) is 2.